The summed E-state index contributed by atoms with van der Waals surface area (Å²) in [6, 6.07) is -0.236. The number of hydrogen-bond acceptors (Lipinski definition) is 3. The molecule has 0 fully saturated rings. The minimum atomic E-state index is -0.848. The van der Waals surface area contributed by atoms with Gasteiger partial charge >= 0.3 is 12.0 Å². The Hall–Kier alpha value is -1.30. The van der Waals surface area contributed by atoms with Crippen LogP contribution in [0.1, 0.15) is 47.0 Å². The smallest absolute Gasteiger partial charge is 0.315 e. The molecule has 0 aliphatic heterocycles. The number of carboxylic acid groups (broad SMARTS) is 1. The minimum absolute atomic E-state index is 0.0508. The molecule has 3 N–H and O–H groups in total. The van der Waals surface area contributed by atoms with Crippen LogP contribution in [0.5, 0.6) is 0 Å². The van der Waals surface area contributed by atoms with E-state index in [1.54, 1.807) is 0 Å². The molecule has 0 aliphatic carbocycles. The van der Waals surface area contributed by atoms with Crippen molar-refractivity contribution in [2.24, 2.45) is 0 Å². The lowest BCUT2D eigenvalue weighted by Crippen LogP contribution is -2.49. The van der Waals surface area contributed by atoms with Gasteiger partial charge in [0.15, 0.2) is 0 Å². The second kappa shape index (κ2) is 9.58. The van der Waals surface area contributed by atoms with Gasteiger partial charge in [-0.15, -0.1) is 0 Å². The van der Waals surface area contributed by atoms with E-state index in [0.29, 0.717) is 13.0 Å². The third-order valence-corrected chi connectivity index (χ3v) is 3.25. The Labute approximate surface area is 121 Å². The molecule has 0 saturated carbocycles. The lowest BCUT2D eigenvalue weighted by Gasteiger charge is -2.26. The van der Waals surface area contributed by atoms with Crippen molar-refractivity contribution in [1.29, 1.82) is 0 Å². The Bertz CT molecular complexity index is 302. The van der Waals surface area contributed by atoms with Crippen molar-refractivity contribution in [3.05, 3.63) is 0 Å². The Kier molecular flexibility index (Phi) is 8.96. The standard InChI is InChI=1S/C14H29N3O3/c1-5-17(6-2)11-7-10-15-13(20)16-14(3,4)9-8-12(18)19/h5-11H2,1-4H3,(H,18,19)(H2,15,16,20). The number of nitrogens with one attached hydrogen (secondary N) is 2. The summed E-state index contributed by atoms with van der Waals surface area (Å²) in [7, 11) is 0. The number of nitrogens with zero attached hydrogens (tertiary/aromatic N) is 1. The molecule has 0 saturated heterocycles. The molecule has 20 heavy (non-hydrogen) atoms. The number of rotatable bonds is 10. The maximum atomic E-state index is 11.7. The highest BCUT2D eigenvalue weighted by molar-refractivity contribution is 5.74. The molecule has 0 spiro atoms. The highest BCUT2D eigenvalue weighted by atomic mass is 16.4. The molecule has 0 aromatic rings. The third kappa shape index (κ3) is 9.61. The average molecular weight is 287 g/mol. The molecule has 6 nitrogen and oxygen atoms in total. The summed E-state index contributed by atoms with van der Waals surface area (Å²) >= 11 is 0. The summed E-state index contributed by atoms with van der Waals surface area (Å²) < 4.78 is 0. The van der Waals surface area contributed by atoms with Gasteiger partial charge in [-0.25, -0.2) is 4.79 Å². The fourth-order valence-corrected chi connectivity index (χ4v) is 1.88. The summed E-state index contributed by atoms with van der Waals surface area (Å²) in [5.74, 6) is -0.848. The Morgan fingerprint density at radius 2 is 1.80 bits per heavy atom. The monoisotopic (exact) mass is 287 g/mol. The first-order valence-electron chi connectivity index (χ1n) is 7.31. The van der Waals surface area contributed by atoms with E-state index >= 15 is 0 Å². The molecule has 0 heterocycles. The van der Waals surface area contributed by atoms with E-state index in [4.69, 9.17) is 5.11 Å². The van der Waals surface area contributed by atoms with Crippen LogP contribution in [0.2, 0.25) is 0 Å². The van der Waals surface area contributed by atoms with Gasteiger partial charge < -0.3 is 20.6 Å². The van der Waals surface area contributed by atoms with Crippen molar-refractivity contribution in [1.82, 2.24) is 15.5 Å². The van der Waals surface area contributed by atoms with E-state index in [9.17, 15) is 9.59 Å². The van der Waals surface area contributed by atoms with Crippen LogP contribution in [0, 0.1) is 0 Å². The highest BCUT2D eigenvalue weighted by Gasteiger charge is 2.21. The van der Waals surface area contributed by atoms with E-state index in [-0.39, 0.29) is 12.5 Å². The SMILES string of the molecule is CCN(CC)CCCNC(=O)NC(C)(C)CCC(=O)O. The zero-order valence-corrected chi connectivity index (χ0v) is 13.2. The van der Waals surface area contributed by atoms with Crippen LogP contribution >= 0.6 is 0 Å². The second-order valence-electron chi connectivity index (χ2n) is 5.54. The van der Waals surface area contributed by atoms with Crippen LogP contribution in [0.3, 0.4) is 0 Å². The van der Waals surface area contributed by atoms with Gasteiger partial charge in [-0.2, -0.15) is 0 Å². The van der Waals surface area contributed by atoms with Gasteiger partial charge in [0, 0.05) is 18.5 Å². The number of amides is 2. The molecule has 0 bridgehead atoms. The summed E-state index contributed by atoms with van der Waals surface area (Å²) in [6.07, 6.45) is 1.37. The number of aliphatic carboxylic acids is 1. The Morgan fingerprint density at radius 3 is 2.30 bits per heavy atom. The molecule has 118 valence electrons. The predicted octanol–water partition coefficient (Wildman–Crippen LogP) is 1.66. The number of carbonyl (C=O) groups is 2. The average Bonchev–Trinajstić information content (AvgIpc) is 2.36. The molecular formula is C14H29N3O3. The molecule has 0 rings (SSSR count). The van der Waals surface area contributed by atoms with Gasteiger partial charge in [0.1, 0.15) is 0 Å². The third-order valence-electron chi connectivity index (χ3n) is 3.25. The summed E-state index contributed by atoms with van der Waals surface area (Å²) in [6.45, 7) is 11.5. The van der Waals surface area contributed by atoms with Crippen LogP contribution in [-0.2, 0) is 4.79 Å². The first-order valence-corrected chi connectivity index (χ1v) is 7.31. The molecule has 0 aromatic heterocycles. The molecule has 0 aromatic carbocycles. The van der Waals surface area contributed by atoms with E-state index in [0.717, 1.165) is 26.1 Å². The van der Waals surface area contributed by atoms with E-state index in [1.807, 2.05) is 13.8 Å². The summed E-state index contributed by atoms with van der Waals surface area (Å²) in [4.78, 5) is 24.5. The number of hydrogen-bond donors (Lipinski definition) is 3. The van der Waals surface area contributed by atoms with Crippen molar-refractivity contribution < 1.29 is 14.7 Å². The topological polar surface area (TPSA) is 81.7 Å². The fourth-order valence-electron chi connectivity index (χ4n) is 1.88. The number of carboxylic acids is 1. The zero-order chi connectivity index (χ0) is 15.6. The predicted molar refractivity (Wildman–Crippen MR) is 79.9 cm³/mol. The molecule has 0 radical (unpaired) electrons. The molecule has 0 atom stereocenters. The van der Waals surface area contributed by atoms with Crippen LogP contribution in [0.25, 0.3) is 0 Å². The number of urea groups is 1. The molecule has 0 unspecified atom stereocenters. The molecule has 2 amide bonds. The second-order valence-corrected chi connectivity index (χ2v) is 5.54. The number of carbonyl (C=O) groups excluding carboxylic acids is 1. The maximum Gasteiger partial charge on any atom is 0.315 e. The fraction of sp³-hybridized carbons (Fsp3) is 0.857. The van der Waals surface area contributed by atoms with Gasteiger partial charge in [-0.3, -0.25) is 4.79 Å². The van der Waals surface area contributed by atoms with E-state index in [2.05, 4.69) is 29.4 Å². The minimum Gasteiger partial charge on any atom is -0.481 e. The lowest BCUT2D eigenvalue weighted by molar-refractivity contribution is -0.137. The van der Waals surface area contributed by atoms with Crippen molar-refractivity contribution in [3.63, 3.8) is 0 Å². The van der Waals surface area contributed by atoms with Gasteiger partial charge in [0.2, 0.25) is 0 Å². The Balaban J connectivity index is 3.84. The van der Waals surface area contributed by atoms with Gasteiger partial charge in [-0.05, 0) is 46.3 Å². The first-order chi connectivity index (χ1) is 9.30. The van der Waals surface area contributed by atoms with Crippen molar-refractivity contribution in [2.75, 3.05) is 26.2 Å². The molecular weight excluding hydrogens is 258 g/mol. The zero-order valence-electron chi connectivity index (χ0n) is 13.2. The summed E-state index contributed by atoms with van der Waals surface area (Å²) in [5.41, 5.74) is -0.513. The normalized spacial score (nSPS) is 11.4. The van der Waals surface area contributed by atoms with E-state index < -0.39 is 11.5 Å². The largest absolute Gasteiger partial charge is 0.481 e. The van der Waals surface area contributed by atoms with Crippen molar-refractivity contribution in [2.45, 2.75) is 52.5 Å². The van der Waals surface area contributed by atoms with Gasteiger partial charge in [0.05, 0.1) is 0 Å². The summed E-state index contributed by atoms with van der Waals surface area (Å²) in [5, 5.41) is 14.3. The van der Waals surface area contributed by atoms with Gasteiger partial charge in [0.25, 0.3) is 0 Å². The van der Waals surface area contributed by atoms with Crippen molar-refractivity contribution in [3.8, 4) is 0 Å². The first kappa shape index (κ1) is 18.7. The van der Waals surface area contributed by atoms with Crippen molar-refractivity contribution >= 4 is 12.0 Å². The lowest BCUT2D eigenvalue weighted by atomic mass is 9.99. The van der Waals surface area contributed by atoms with Crippen LogP contribution < -0.4 is 10.6 Å². The maximum absolute atomic E-state index is 11.7. The van der Waals surface area contributed by atoms with Crippen LogP contribution in [-0.4, -0.2) is 53.7 Å². The molecule has 0 aliphatic rings. The molecule has 6 heteroatoms. The quantitative estimate of drug-likeness (QED) is 0.534. The Morgan fingerprint density at radius 1 is 1.20 bits per heavy atom. The van der Waals surface area contributed by atoms with E-state index in [1.165, 1.54) is 0 Å². The van der Waals surface area contributed by atoms with Crippen LogP contribution in [0.15, 0.2) is 0 Å². The highest BCUT2D eigenvalue weighted by Crippen LogP contribution is 2.10. The van der Waals surface area contributed by atoms with Gasteiger partial charge in [-0.1, -0.05) is 13.8 Å². The van der Waals surface area contributed by atoms with Crippen LogP contribution in [0.4, 0.5) is 4.79 Å².